The second-order valence-electron chi connectivity index (χ2n) is 10.7. The normalized spacial score (nSPS) is 11.0. The lowest BCUT2D eigenvalue weighted by atomic mass is 10.0. The van der Waals surface area contributed by atoms with Gasteiger partial charge in [0.15, 0.2) is 11.5 Å². The van der Waals surface area contributed by atoms with E-state index in [-0.39, 0.29) is 5.39 Å². The number of fused-ring (bicyclic) bond motifs is 2. The van der Waals surface area contributed by atoms with Crippen molar-refractivity contribution in [3.63, 3.8) is 0 Å². The van der Waals surface area contributed by atoms with Crippen LogP contribution < -0.4 is 24.5 Å². The van der Waals surface area contributed by atoms with Crippen LogP contribution in [0.4, 0.5) is 4.39 Å². The number of hydrogen-bond donors (Lipinski definition) is 0. The van der Waals surface area contributed by atoms with Crippen molar-refractivity contribution in [1.82, 2.24) is 9.55 Å². The smallest absolute Gasteiger partial charge is 0.266 e. The number of halogens is 1. The lowest BCUT2D eigenvalue weighted by molar-refractivity contribution is 0.324. The fourth-order valence-corrected chi connectivity index (χ4v) is 5.51. The first kappa shape index (κ1) is 30.9. The molecule has 5 aromatic carbocycles. The van der Waals surface area contributed by atoms with Gasteiger partial charge in [-0.05, 0) is 108 Å². The molecule has 47 heavy (non-hydrogen) atoms. The van der Waals surface area contributed by atoms with Crippen molar-refractivity contribution in [1.29, 1.82) is 0 Å². The van der Waals surface area contributed by atoms with Crippen molar-refractivity contribution in [2.24, 2.45) is 0 Å². The number of aromatic nitrogens is 2. The third kappa shape index (κ3) is 6.11. The van der Waals surface area contributed by atoms with Crippen LogP contribution in [0.2, 0.25) is 0 Å². The van der Waals surface area contributed by atoms with Gasteiger partial charge in [0.05, 0.1) is 45.0 Å². The van der Waals surface area contributed by atoms with Crippen LogP contribution in [0.3, 0.4) is 0 Å². The summed E-state index contributed by atoms with van der Waals surface area (Å²) in [4.78, 5) is 18.7. The molecule has 0 saturated carbocycles. The van der Waals surface area contributed by atoms with Gasteiger partial charge in [-0.15, -0.1) is 0 Å². The number of methoxy groups -OCH3 is 4. The summed E-state index contributed by atoms with van der Waals surface area (Å²) in [6, 6.07) is 25.1. The molecule has 0 aliphatic carbocycles. The molecule has 0 aliphatic rings. The van der Waals surface area contributed by atoms with Crippen LogP contribution in [0, 0.1) is 24.6 Å². The predicted octanol–water partition coefficient (Wildman–Crippen LogP) is 7.59. The Kier molecular flexibility index (Phi) is 8.63. The summed E-state index contributed by atoms with van der Waals surface area (Å²) < 4.78 is 37.6. The van der Waals surface area contributed by atoms with E-state index in [2.05, 4.69) is 11.8 Å². The monoisotopic (exact) mass is 626 g/mol. The Bertz CT molecular complexity index is 2290. The minimum absolute atomic E-state index is 0.172. The highest BCUT2D eigenvalue weighted by Gasteiger charge is 2.16. The van der Waals surface area contributed by atoms with Gasteiger partial charge in [0.2, 0.25) is 5.75 Å². The van der Waals surface area contributed by atoms with Crippen molar-refractivity contribution in [3.8, 4) is 40.5 Å². The summed E-state index contributed by atoms with van der Waals surface area (Å²) in [5.41, 5.74) is 3.77. The van der Waals surface area contributed by atoms with E-state index in [9.17, 15) is 9.18 Å². The third-order valence-electron chi connectivity index (χ3n) is 7.83. The summed E-state index contributed by atoms with van der Waals surface area (Å²) in [5.74, 6) is 8.62. The molecule has 0 saturated heterocycles. The maximum atomic E-state index is 14.3. The third-order valence-corrected chi connectivity index (χ3v) is 7.83. The average Bonchev–Trinajstić information content (AvgIpc) is 3.09. The van der Waals surface area contributed by atoms with Gasteiger partial charge in [-0.1, -0.05) is 30.0 Å². The van der Waals surface area contributed by atoms with Gasteiger partial charge in [0.25, 0.3) is 5.56 Å². The SMILES string of the molecule is COc1ccc2c(C#Cc3ccc(-n4c(/C=C/c5cc(OC)c(OC)c(OC)c5)nc5ccc(F)cc5c4=O)c(C)c3)cccc2c1. The first-order valence-corrected chi connectivity index (χ1v) is 14.7. The molecule has 0 spiro atoms. The van der Waals surface area contributed by atoms with Gasteiger partial charge < -0.3 is 18.9 Å². The molecule has 6 rings (SSSR count). The fraction of sp³-hybridized carbons (Fsp3) is 0.128. The Labute approximate surface area is 271 Å². The van der Waals surface area contributed by atoms with Gasteiger partial charge >= 0.3 is 0 Å². The second kappa shape index (κ2) is 13.1. The molecule has 6 aromatic rings. The summed E-state index contributed by atoms with van der Waals surface area (Å²) in [6.45, 7) is 1.90. The average molecular weight is 627 g/mol. The molecule has 0 aliphatic heterocycles. The van der Waals surface area contributed by atoms with E-state index in [4.69, 9.17) is 23.9 Å². The molecule has 0 amide bonds. The summed E-state index contributed by atoms with van der Waals surface area (Å²) >= 11 is 0. The first-order valence-electron chi connectivity index (χ1n) is 14.7. The van der Waals surface area contributed by atoms with Gasteiger partial charge in [0, 0.05) is 11.1 Å². The van der Waals surface area contributed by atoms with E-state index in [1.54, 1.807) is 45.6 Å². The molecule has 1 aromatic heterocycles. The molecular weight excluding hydrogens is 595 g/mol. The Hall–Kier alpha value is -6.07. The largest absolute Gasteiger partial charge is 0.497 e. The summed E-state index contributed by atoms with van der Waals surface area (Å²) in [7, 11) is 6.27. The lowest BCUT2D eigenvalue weighted by Gasteiger charge is -2.15. The van der Waals surface area contributed by atoms with Gasteiger partial charge in [0.1, 0.15) is 17.4 Å². The Morgan fingerprint density at radius 3 is 2.26 bits per heavy atom. The quantitative estimate of drug-likeness (QED) is 0.170. The fourth-order valence-electron chi connectivity index (χ4n) is 5.51. The topological polar surface area (TPSA) is 71.8 Å². The van der Waals surface area contributed by atoms with Crippen LogP contribution in [-0.2, 0) is 0 Å². The van der Waals surface area contributed by atoms with Gasteiger partial charge in [-0.25, -0.2) is 9.37 Å². The molecule has 234 valence electrons. The summed E-state index contributed by atoms with van der Waals surface area (Å²) in [5, 5.41) is 2.24. The predicted molar refractivity (Wildman–Crippen MR) is 184 cm³/mol. The highest BCUT2D eigenvalue weighted by Crippen LogP contribution is 2.38. The number of hydrogen-bond acceptors (Lipinski definition) is 6. The van der Waals surface area contributed by atoms with Crippen LogP contribution in [0.1, 0.15) is 28.1 Å². The number of benzene rings is 5. The van der Waals surface area contributed by atoms with Gasteiger partial charge in [-0.2, -0.15) is 0 Å². The number of ether oxygens (including phenoxy) is 4. The zero-order chi connectivity index (χ0) is 33.1. The standard InChI is InChI=1S/C39H31FN2O5/c1-24-19-25(9-12-27-7-6-8-28-22-30(44-2)14-15-31(27)28)10-17-34(24)42-37(41-33-16-13-29(40)23-32(33)39(42)43)18-11-26-20-35(45-3)38(47-5)36(21-26)46-4/h6-8,10-11,13-23H,1-5H3/b18-11+. The Balaban J connectivity index is 1.44. The van der Waals surface area contributed by atoms with Crippen molar-refractivity contribution in [2.45, 2.75) is 6.92 Å². The minimum Gasteiger partial charge on any atom is -0.497 e. The van der Waals surface area contributed by atoms with Crippen molar-refractivity contribution in [2.75, 3.05) is 28.4 Å². The van der Waals surface area contributed by atoms with Crippen LogP contribution in [0.25, 0.3) is 39.5 Å². The highest BCUT2D eigenvalue weighted by atomic mass is 19.1. The Morgan fingerprint density at radius 1 is 0.766 bits per heavy atom. The van der Waals surface area contributed by atoms with E-state index in [0.29, 0.717) is 34.3 Å². The van der Waals surface area contributed by atoms with E-state index < -0.39 is 11.4 Å². The molecule has 8 heteroatoms. The van der Waals surface area contributed by atoms with Crippen LogP contribution in [0.15, 0.2) is 89.7 Å². The van der Waals surface area contributed by atoms with Gasteiger partial charge in [-0.3, -0.25) is 9.36 Å². The van der Waals surface area contributed by atoms with E-state index in [0.717, 1.165) is 38.8 Å². The van der Waals surface area contributed by atoms with Crippen LogP contribution >= 0.6 is 0 Å². The number of nitrogens with zero attached hydrogens (tertiary/aromatic N) is 2. The second-order valence-corrected chi connectivity index (χ2v) is 10.7. The zero-order valence-electron chi connectivity index (χ0n) is 26.6. The van der Waals surface area contributed by atoms with E-state index >= 15 is 0 Å². The maximum Gasteiger partial charge on any atom is 0.266 e. The molecule has 0 atom stereocenters. The molecule has 0 N–H and O–H groups in total. The Morgan fingerprint density at radius 2 is 1.55 bits per heavy atom. The van der Waals surface area contributed by atoms with Crippen molar-refractivity contribution < 1.29 is 23.3 Å². The van der Waals surface area contributed by atoms with Crippen molar-refractivity contribution in [3.05, 3.63) is 129 Å². The number of aryl methyl sites for hydroxylation is 1. The molecule has 1 heterocycles. The molecule has 0 unspecified atom stereocenters. The molecule has 7 nitrogen and oxygen atoms in total. The van der Waals surface area contributed by atoms with Crippen LogP contribution in [0.5, 0.6) is 23.0 Å². The van der Waals surface area contributed by atoms with E-state index in [1.165, 1.54) is 29.9 Å². The lowest BCUT2D eigenvalue weighted by Crippen LogP contribution is -2.23. The molecule has 0 radical (unpaired) electrons. The highest BCUT2D eigenvalue weighted by molar-refractivity contribution is 5.89. The van der Waals surface area contributed by atoms with E-state index in [1.807, 2.05) is 61.5 Å². The minimum atomic E-state index is -0.516. The van der Waals surface area contributed by atoms with Crippen LogP contribution in [-0.4, -0.2) is 38.0 Å². The summed E-state index contributed by atoms with van der Waals surface area (Å²) in [6.07, 6.45) is 3.53. The zero-order valence-corrected chi connectivity index (χ0v) is 26.6. The molecular formula is C39H31FN2O5. The first-order chi connectivity index (χ1) is 22.8. The molecule has 0 fully saturated rings. The number of rotatable bonds is 7. The molecule has 0 bridgehead atoms. The maximum absolute atomic E-state index is 14.3. The van der Waals surface area contributed by atoms with Crippen molar-refractivity contribution >= 4 is 33.8 Å².